The highest BCUT2D eigenvalue weighted by Gasteiger charge is 2.33. The zero-order valence-corrected chi connectivity index (χ0v) is 53.3. The predicted octanol–water partition coefficient (Wildman–Crippen LogP) is 14.7. The van der Waals surface area contributed by atoms with Crippen LogP contribution in [-0.2, 0) is 85.2 Å². The van der Waals surface area contributed by atoms with Gasteiger partial charge >= 0.3 is 12.4 Å². The van der Waals surface area contributed by atoms with Gasteiger partial charge in [0.05, 0.1) is 30.3 Å². The number of aromatic nitrogens is 4. The van der Waals surface area contributed by atoms with Gasteiger partial charge in [0, 0.05) is 88.3 Å². The van der Waals surface area contributed by atoms with Gasteiger partial charge in [-0.15, -0.1) is 0 Å². The van der Waals surface area contributed by atoms with Gasteiger partial charge < -0.3 is 28.7 Å². The number of carbonyl (C=O) groups excluding carboxylic acids is 2. The minimum atomic E-state index is -5.38. The van der Waals surface area contributed by atoms with E-state index in [1.807, 2.05) is 0 Å². The van der Waals surface area contributed by atoms with Crippen molar-refractivity contribution in [3.05, 3.63) is 234 Å². The SMILES string of the molecule is [2H]C([2H])(N(CC)CC)C([2H])([2H])N(Cc1ccc(-c2ccc(C(F)(F)F)cc2)cc1)C(=O)Cn1c(SCc2ccc(F)cc2)nc(=O)c2c1CCC2.[2H]c1c([2H])c(CSc2nc(=O)c3c(n2CC(=O)N(CCN(C([2H])([2H])C)C([2H])([2H])C)Cc2c([2H])c([2H])c(-c4c([2H])c([2H])c(C(F)(F)F)c([2H])c4[2H])c([2H])c2[2H])C([2H])([2H])C([2H])(C)C3([2H])[2H])c([2H])c([2H])c1F. The molecule has 2 aromatic heterocycles. The smallest absolute Gasteiger partial charge is 0.336 e. The maximum absolute atomic E-state index is 14.8. The fraction of sp³-hybridized carbons (Fsp3) is 0.370. The Hall–Kier alpha value is -7.92. The summed E-state index contributed by atoms with van der Waals surface area (Å²) in [5, 5.41) is -0.404. The van der Waals surface area contributed by atoms with Gasteiger partial charge in [-0.05, 0) is 157 Å². The predicted molar refractivity (Wildman–Crippen MR) is 358 cm³/mol. The summed E-state index contributed by atoms with van der Waals surface area (Å²) in [5.41, 5.74) is -6.12. The number of rotatable bonds is 26. The molecule has 2 aliphatic rings. The molecule has 12 nitrogen and oxygen atoms in total. The van der Waals surface area contributed by atoms with Crippen molar-refractivity contribution in [1.29, 1.82) is 0 Å². The highest BCUT2D eigenvalue weighted by atomic mass is 32.2. The van der Waals surface area contributed by atoms with Crippen molar-refractivity contribution in [3.8, 4) is 22.3 Å². The van der Waals surface area contributed by atoms with Crippen LogP contribution < -0.4 is 11.1 Å². The van der Waals surface area contributed by atoms with Crippen LogP contribution in [0, 0.1) is 17.5 Å². The summed E-state index contributed by atoms with van der Waals surface area (Å²) in [6.07, 6.45) is -14.5. The second kappa shape index (κ2) is 32.7. The number of hydrogen-bond donors (Lipinski definition) is 0. The number of carbonyl (C=O) groups is 2. The average Bonchev–Trinajstić information content (AvgIpc) is 1.52. The number of amides is 2. The van der Waals surface area contributed by atoms with Crippen molar-refractivity contribution >= 4 is 35.3 Å². The van der Waals surface area contributed by atoms with Gasteiger partial charge in [-0.1, -0.05) is 155 Å². The van der Waals surface area contributed by atoms with Crippen LogP contribution in [0.15, 0.2) is 165 Å². The van der Waals surface area contributed by atoms with Gasteiger partial charge in [-0.25, -0.2) is 8.78 Å². The first kappa shape index (κ1) is 44.7. The van der Waals surface area contributed by atoms with E-state index in [2.05, 4.69) is 9.97 Å². The summed E-state index contributed by atoms with van der Waals surface area (Å²) < 4.78 is 324. The highest BCUT2D eigenvalue weighted by molar-refractivity contribution is 7.98. The third-order valence-electron chi connectivity index (χ3n) is 14.7. The van der Waals surface area contributed by atoms with Gasteiger partial charge in [-0.2, -0.15) is 36.3 Å². The summed E-state index contributed by atoms with van der Waals surface area (Å²) in [5.74, 6) is -7.05. The molecule has 2 amide bonds. The molecular weight excluding hydrogens is 1270 g/mol. The van der Waals surface area contributed by atoms with E-state index >= 15 is 0 Å². The topological polar surface area (TPSA) is 117 Å². The first-order chi connectivity index (χ1) is 55.2. The second-order valence-corrected chi connectivity index (χ2v) is 23.0. The number of halogens is 8. The van der Waals surface area contributed by atoms with Crippen molar-refractivity contribution < 1.29 is 79.0 Å². The molecule has 95 heavy (non-hydrogen) atoms. The van der Waals surface area contributed by atoms with Crippen molar-refractivity contribution in [2.45, 2.75) is 127 Å². The molecule has 1 unspecified atom stereocenters. The van der Waals surface area contributed by atoms with Crippen molar-refractivity contribution in [2.75, 3.05) is 52.2 Å². The molecule has 502 valence electrons. The number of nitrogens with zero attached hydrogens (tertiary/aromatic N) is 8. The van der Waals surface area contributed by atoms with Crippen molar-refractivity contribution in [2.24, 2.45) is 5.89 Å². The molecule has 0 saturated carbocycles. The van der Waals surface area contributed by atoms with E-state index in [9.17, 15) is 54.3 Å². The standard InChI is InChI=1S/C37H40F4N4O2S.C36H38F4N4O2S/c1-4-43(5-2)18-19-44(22-26-6-10-28(11-7-26)29-12-14-30(15-13-29)37(39,40)41)34(46)23-45-33-21-25(3)20-32(33)35(47)42-36(45)48-24-27-8-16-31(38)17-9-27;1-3-42(4-2)20-21-43(22-25-8-12-27(13-9-25)28-14-16-29(17-15-28)36(38,39)40)33(45)23-44-32-7-5-6-31(32)34(46)41-35(44)47-24-26-10-18-30(37)19-11-26/h6-17,25H,4-5,18-24H2,1-3H3;8-19H,3-7,20-24H2,1-2H3/i4D2,5D2,6D,7D,8D,9D,10D,11D,12D,13D,14D,15D,16D,17D,20D2,21D2,25D;20D2,21D2. The van der Waals surface area contributed by atoms with E-state index in [4.69, 9.17) is 34.3 Å². The van der Waals surface area contributed by atoms with Crippen molar-refractivity contribution in [3.63, 3.8) is 0 Å². The van der Waals surface area contributed by atoms with Crippen LogP contribution in [0.2, 0.25) is 0 Å². The number of likely N-dealkylation sites (N-methyl/N-ethyl adjacent to an activating group) is 2. The third kappa shape index (κ3) is 19.2. The average molecular weight is 1370 g/mol. The minimum absolute atomic E-state index is 0.175. The number of benzene rings is 6. The molecule has 6 aromatic carbocycles. The zero-order valence-electron chi connectivity index (χ0n) is 76.7. The van der Waals surface area contributed by atoms with Crippen molar-refractivity contribution in [1.82, 2.24) is 38.7 Å². The molecule has 0 fully saturated rings. The molecule has 0 aliphatic heterocycles. The van der Waals surface area contributed by atoms with E-state index in [0.717, 1.165) is 43.4 Å². The highest BCUT2D eigenvalue weighted by Crippen LogP contribution is 2.35. The van der Waals surface area contributed by atoms with Gasteiger partial charge in [0.15, 0.2) is 10.3 Å². The summed E-state index contributed by atoms with van der Waals surface area (Å²) >= 11 is 1.59. The van der Waals surface area contributed by atoms with Gasteiger partial charge in [0.1, 0.15) is 24.7 Å². The Morgan fingerprint density at radius 3 is 1.63 bits per heavy atom. The number of hydrogen-bond acceptors (Lipinski definition) is 10. The number of fused-ring (bicyclic) bond motifs is 2. The maximum Gasteiger partial charge on any atom is 0.416 e. The molecular formula is C73H78F8N8O4S2. The van der Waals surface area contributed by atoms with E-state index in [1.165, 1.54) is 40.9 Å². The summed E-state index contributed by atoms with van der Waals surface area (Å²) in [6.45, 7) is -8.33. The molecule has 0 spiro atoms. The Bertz CT molecular complexity index is 5310. The van der Waals surface area contributed by atoms with Crippen LogP contribution in [0.5, 0.6) is 0 Å². The monoisotopic (exact) mass is 1370 g/mol. The molecule has 1 atom stereocenters. The molecule has 0 bridgehead atoms. The summed E-state index contributed by atoms with van der Waals surface area (Å²) in [4.78, 5) is 67.5. The number of alkyl halides is 6. The molecule has 22 heteroatoms. The van der Waals surface area contributed by atoms with Gasteiger partial charge in [-0.3, -0.25) is 19.2 Å². The minimum Gasteiger partial charge on any atom is -0.336 e. The first-order valence-corrected chi connectivity index (χ1v) is 31.4. The Labute approximate surface area is 592 Å². The Morgan fingerprint density at radius 1 is 0.558 bits per heavy atom. The van der Waals surface area contributed by atoms with Crippen LogP contribution >= 0.6 is 23.5 Å². The molecule has 10 rings (SSSR count). The maximum atomic E-state index is 14.8. The quantitative estimate of drug-likeness (QED) is 0.0295. The largest absolute Gasteiger partial charge is 0.416 e. The van der Waals surface area contributed by atoms with Gasteiger partial charge in [0.25, 0.3) is 11.1 Å². The van der Waals surface area contributed by atoms with Crippen LogP contribution in [0.4, 0.5) is 35.1 Å². The molecule has 0 radical (unpaired) electrons. The Kier molecular flexibility index (Phi) is 15.4. The van der Waals surface area contributed by atoms with Crippen LogP contribution in [0.3, 0.4) is 0 Å². The molecule has 0 saturated heterocycles. The Morgan fingerprint density at radius 2 is 1.06 bits per heavy atom. The lowest BCUT2D eigenvalue weighted by Gasteiger charge is -2.28. The van der Waals surface area contributed by atoms with E-state index in [1.54, 1.807) is 54.8 Å². The van der Waals surface area contributed by atoms with Gasteiger partial charge in [0.2, 0.25) is 11.8 Å². The van der Waals surface area contributed by atoms with Crippen LogP contribution in [-0.4, -0.2) is 103 Å². The fourth-order valence-corrected chi connectivity index (χ4v) is 11.6. The van der Waals surface area contributed by atoms with Crippen LogP contribution in [0.1, 0.15) is 131 Å². The fourth-order valence-electron chi connectivity index (χ4n) is 9.71. The molecule has 2 aliphatic carbocycles. The van der Waals surface area contributed by atoms with Crippen LogP contribution in [0.25, 0.3) is 22.3 Å². The lowest BCUT2D eigenvalue weighted by Crippen LogP contribution is -2.40. The molecule has 8 aromatic rings. The molecule has 0 N–H and O–H groups in total. The zero-order chi connectivity index (χ0) is 90.1. The second-order valence-electron chi connectivity index (χ2n) is 21.1. The number of thioether (sulfide) groups is 2. The summed E-state index contributed by atoms with van der Waals surface area (Å²) in [6, 6.07) is 3.01. The normalized spacial score (nSPS) is 19.8. The Balaban J connectivity index is 0.000000285. The first-order valence-electron chi connectivity index (χ1n) is 41.9. The lowest BCUT2D eigenvalue weighted by molar-refractivity contribution is -0.138. The third-order valence-corrected chi connectivity index (χ3v) is 16.8. The van der Waals surface area contributed by atoms with E-state index < -0.39 is 252 Å². The summed E-state index contributed by atoms with van der Waals surface area (Å²) in [7, 11) is 0. The molecule has 2 heterocycles. The van der Waals surface area contributed by atoms with E-state index in [-0.39, 0.29) is 24.8 Å². The lowest BCUT2D eigenvalue weighted by atomic mass is 10.0. The van der Waals surface area contributed by atoms with E-state index in [0.29, 0.717) is 79.1 Å².